The highest BCUT2D eigenvalue weighted by Crippen LogP contribution is 2.43. The van der Waals surface area contributed by atoms with E-state index in [0.717, 1.165) is 42.6 Å². The molecule has 4 heterocycles. The van der Waals surface area contributed by atoms with Gasteiger partial charge in [0.2, 0.25) is 5.91 Å². The van der Waals surface area contributed by atoms with Gasteiger partial charge in [-0.3, -0.25) is 9.78 Å². The van der Waals surface area contributed by atoms with Crippen molar-refractivity contribution in [3.63, 3.8) is 0 Å². The third-order valence-electron chi connectivity index (χ3n) is 5.54. The summed E-state index contributed by atoms with van der Waals surface area (Å²) in [6, 6.07) is 2.85. The van der Waals surface area contributed by atoms with Crippen LogP contribution < -0.4 is 4.90 Å². The largest absolute Gasteiger partial charge is 0.363 e. The van der Waals surface area contributed by atoms with E-state index in [9.17, 15) is 4.79 Å². The number of carbonyl (C=O) groups excluding carboxylic acids is 1. The Morgan fingerprint density at radius 2 is 1.88 bits per heavy atom. The van der Waals surface area contributed by atoms with E-state index in [-0.39, 0.29) is 11.8 Å². The van der Waals surface area contributed by atoms with Gasteiger partial charge < -0.3 is 9.80 Å². The number of carbonyl (C=O) groups is 1. The lowest BCUT2D eigenvalue weighted by Crippen LogP contribution is -2.47. The highest BCUT2D eigenvalue weighted by Gasteiger charge is 2.44. The van der Waals surface area contributed by atoms with E-state index < -0.39 is 0 Å². The molecule has 2 saturated heterocycles. The van der Waals surface area contributed by atoms with Crippen molar-refractivity contribution in [1.82, 2.24) is 19.7 Å². The Labute approximate surface area is 148 Å². The molecule has 2 bridgehead atoms. The molecule has 0 radical (unpaired) electrons. The zero-order valence-electron chi connectivity index (χ0n) is 15.1. The van der Waals surface area contributed by atoms with Gasteiger partial charge in [-0.1, -0.05) is 0 Å². The average molecular weight is 339 g/mol. The highest BCUT2D eigenvalue weighted by molar-refractivity contribution is 5.79. The number of hydrogen-bond acceptors (Lipinski definition) is 4. The van der Waals surface area contributed by atoms with Crippen molar-refractivity contribution in [2.24, 2.45) is 5.92 Å². The van der Waals surface area contributed by atoms with Crippen LogP contribution in [0.3, 0.4) is 0 Å². The van der Waals surface area contributed by atoms with Crippen LogP contribution in [0.2, 0.25) is 0 Å². The van der Waals surface area contributed by atoms with E-state index in [4.69, 9.17) is 0 Å². The number of piperidine rings is 1. The topological polar surface area (TPSA) is 54.3 Å². The average Bonchev–Trinajstić information content (AvgIpc) is 3.14. The minimum absolute atomic E-state index is 0.149. The first-order valence-electron chi connectivity index (χ1n) is 8.99. The summed E-state index contributed by atoms with van der Waals surface area (Å²) in [5.41, 5.74) is 3.34. The summed E-state index contributed by atoms with van der Waals surface area (Å²) in [4.78, 5) is 21.0. The normalized spacial score (nSPS) is 25.2. The van der Waals surface area contributed by atoms with E-state index >= 15 is 0 Å². The zero-order valence-corrected chi connectivity index (χ0v) is 15.1. The number of fused-ring (bicyclic) bond motifs is 2. The van der Waals surface area contributed by atoms with Crippen molar-refractivity contribution in [3.8, 4) is 5.69 Å². The summed E-state index contributed by atoms with van der Waals surface area (Å²) >= 11 is 0. The van der Waals surface area contributed by atoms with Crippen molar-refractivity contribution >= 4 is 11.6 Å². The molecule has 0 unspecified atom stereocenters. The quantitative estimate of drug-likeness (QED) is 0.862. The molecule has 0 N–H and O–H groups in total. The molecular weight excluding hydrogens is 314 g/mol. The predicted octanol–water partition coefficient (Wildman–Crippen LogP) is 2.41. The minimum atomic E-state index is 0.149. The maximum Gasteiger partial charge on any atom is 0.225 e. The Balaban J connectivity index is 1.65. The molecule has 0 saturated carbocycles. The second kappa shape index (κ2) is 6.17. The minimum Gasteiger partial charge on any atom is -0.363 e. The maximum absolute atomic E-state index is 12.4. The van der Waals surface area contributed by atoms with Crippen LogP contribution in [0.4, 0.5) is 5.69 Å². The number of hydrogen-bond donors (Lipinski definition) is 0. The third kappa shape index (κ3) is 2.79. The molecule has 2 aromatic rings. The number of pyridine rings is 1. The van der Waals surface area contributed by atoms with E-state index in [1.54, 1.807) is 4.90 Å². The summed E-state index contributed by atoms with van der Waals surface area (Å²) < 4.78 is 1.93. The van der Waals surface area contributed by atoms with Crippen LogP contribution in [0.1, 0.15) is 31.2 Å². The molecule has 6 nitrogen and oxygen atoms in total. The van der Waals surface area contributed by atoms with E-state index in [2.05, 4.69) is 15.0 Å². The number of aromatic nitrogens is 3. The fraction of sp³-hybridized carbons (Fsp3) is 0.526. The lowest BCUT2D eigenvalue weighted by atomic mass is 9.89. The molecule has 0 spiro atoms. The molecule has 0 aromatic carbocycles. The monoisotopic (exact) mass is 339 g/mol. The second-order valence-electron chi connectivity index (χ2n) is 7.52. The molecule has 25 heavy (non-hydrogen) atoms. The van der Waals surface area contributed by atoms with E-state index in [1.807, 2.05) is 56.6 Å². The van der Waals surface area contributed by atoms with Gasteiger partial charge in [-0.25, -0.2) is 4.68 Å². The number of amides is 1. The van der Waals surface area contributed by atoms with Gasteiger partial charge in [0.15, 0.2) is 0 Å². The third-order valence-corrected chi connectivity index (χ3v) is 5.54. The Bertz CT molecular complexity index is 770. The molecule has 6 heteroatoms. The van der Waals surface area contributed by atoms with Crippen LogP contribution in [0.5, 0.6) is 0 Å². The molecule has 2 aliphatic rings. The first kappa shape index (κ1) is 16.1. The molecule has 132 valence electrons. The highest BCUT2D eigenvalue weighted by atomic mass is 16.2. The Morgan fingerprint density at radius 1 is 1.16 bits per heavy atom. The van der Waals surface area contributed by atoms with Gasteiger partial charge in [0.1, 0.15) is 0 Å². The van der Waals surface area contributed by atoms with Crippen LogP contribution in [-0.2, 0) is 4.79 Å². The molecule has 2 aliphatic heterocycles. The van der Waals surface area contributed by atoms with Crippen molar-refractivity contribution in [2.75, 3.05) is 19.0 Å². The van der Waals surface area contributed by atoms with Crippen LogP contribution in [0, 0.1) is 12.8 Å². The van der Waals surface area contributed by atoms with Gasteiger partial charge in [0, 0.05) is 44.5 Å². The summed E-state index contributed by atoms with van der Waals surface area (Å²) in [7, 11) is 3.71. The van der Waals surface area contributed by atoms with Crippen LogP contribution in [-0.4, -0.2) is 51.8 Å². The van der Waals surface area contributed by atoms with Gasteiger partial charge >= 0.3 is 0 Å². The van der Waals surface area contributed by atoms with Gasteiger partial charge in [0.25, 0.3) is 0 Å². The molecule has 2 fully saturated rings. The lowest BCUT2D eigenvalue weighted by Gasteiger charge is -2.41. The van der Waals surface area contributed by atoms with Crippen molar-refractivity contribution < 1.29 is 4.79 Å². The molecule has 1 amide bonds. The molecular formula is C19H25N5O. The van der Waals surface area contributed by atoms with Crippen LogP contribution >= 0.6 is 0 Å². The number of rotatable bonds is 3. The molecule has 2 aromatic heterocycles. The fourth-order valence-electron chi connectivity index (χ4n) is 4.45. The summed E-state index contributed by atoms with van der Waals surface area (Å²) in [5, 5.41) is 4.48. The maximum atomic E-state index is 12.4. The van der Waals surface area contributed by atoms with Gasteiger partial charge in [-0.15, -0.1) is 0 Å². The zero-order chi connectivity index (χ0) is 17.6. The molecule has 0 aliphatic carbocycles. The predicted molar refractivity (Wildman–Crippen MR) is 96.8 cm³/mol. The number of nitrogens with zero attached hydrogens (tertiary/aromatic N) is 5. The second-order valence-corrected chi connectivity index (χ2v) is 7.52. The molecule has 4 rings (SSSR count). The number of anilines is 1. The van der Waals surface area contributed by atoms with Gasteiger partial charge in [0.05, 0.1) is 23.8 Å². The standard InChI is InChI=1S/C19H25N5O/c1-13-10-21-23(12-13)17-6-7-20-11-18(17)24-15-4-5-16(24)9-14(8-15)19(25)22(2)3/h6-7,10-12,14-16H,4-5,8-9H2,1-3H3/t14-,15-,16+. The number of aryl methyl sites for hydroxylation is 1. The molecule has 3 atom stereocenters. The Kier molecular flexibility index (Phi) is 3.98. The van der Waals surface area contributed by atoms with Crippen molar-refractivity contribution in [1.29, 1.82) is 0 Å². The van der Waals surface area contributed by atoms with Crippen molar-refractivity contribution in [3.05, 3.63) is 36.4 Å². The summed E-state index contributed by atoms with van der Waals surface area (Å²) in [5.74, 6) is 0.418. The van der Waals surface area contributed by atoms with Crippen LogP contribution in [0.15, 0.2) is 30.9 Å². The van der Waals surface area contributed by atoms with E-state index in [0.29, 0.717) is 12.1 Å². The smallest absolute Gasteiger partial charge is 0.225 e. The first-order valence-corrected chi connectivity index (χ1v) is 8.99. The van der Waals surface area contributed by atoms with Gasteiger partial charge in [-0.05, 0) is 44.2 Å². The van der Waals surface area contributed by atoms with Crippen LogP contribution in [0.25, 0.3) is 5.69 Å². The van der Waals surface area contributed by atoms with Gasteiger partial charge in [-0.2, -0.15) is 5.10 Å². The van der Waals surface area contributed by atoms with E-state index in [1.165, 1.54) is 0 Å². The first-order chi connectivity index (χ1) is 12.0. The SMILES string of the molecule is Cc1cnn(-c2ccncc2N2[C@@H]3CC[C@H]2C[C@H](C(=O)N(C)C)C3)c1. The van der Waals surface area contributed by atoms with Crippen molar-refractivity contribution in [2.45, 2.75) is 44.7 Å². The summed E-state index contributed by atoms with van der Waals surface area (Å²) in [6.07, 6.45) is 11.8. The summed E-state index contributed by atoms with van der Waals surface area (Å²) in [6.45, 7) is 2.05. The fourth-order valence-corrected chi connectivity index (χ4v) is 4.45. The Hall–Kier alpha value is -2.37. The lowest BCUT2D eigenvalue weighted by molar-refractivity contribution is -0.133. The Morgan fingerprint density at radius 3 is 2.48 bits per heavy atom.